The lowest BCUT2D eigenvalue weighted by molar-refractivity contribution is -0.194. The van der Waals surface area contributed by atoms with E-state index in [2.05, 4.69) is 0 Å². The zero-order valence-corrected chi connectivity index (χ0v) is 11.2. The number of fused-ring (bicyclic) bond motifs is 1. The first-order chi connectivity index (χ1) is 8.46. The molecule has 0 spiro atoms. The Balaban J connectivity index is 2.13. The number of halogens is 3. The molecule has 2 aliphatic rings. The molecular formula is C12H18F3NO3. The number of hydrogen-bond acceptors (Lipinski definition) is 3. The van der Waals surface area contributed by atoms with Gasteiger partial charge >= 0.3 is 12.3 Å². The van der Waals surface area contributed by atoms with Crippen molar-refractivity contribution in [1.29, 1.82) is 0 Å². The van der Waals surface area contributed by atoms with E-state index in [-0.39, 0.29) is 13.0 Å². The second-order valence-corrected chi connectivity index (χ2v) is 6.53. The molecule has 0 unspecified atom stereocenters. The van der Waals surface area contributed by atoms with Gasteiger partial charge in [-0.25, -0.2) is 4.79 Å². The van der Waals surface area contributed by atoms with Crippen LogP contribution in [-0.2, 0) is 4.74 Å². The predicted molar refractivity (Wildman–Crippen MR) is 60.4 cm³/mol. The summed E-state index contributed by atoms with van der Waals surface area (Å²) in [5, 5.41) is 9.25. The molecular weight excluding hydrogens is 263 g/mol. The van der Waals surface area contributed by atoms with E-state index in [9.17, 15) is 23.1 Å². The molecule has 7 heteroatoms. The molecule has 0 aromatic heterocycles. The van der Waals surface area contributed by atoms with Crippen LogP contribution >= 0.6 is 0 Å². The SMILES string of the molecule is CC(C)(C)OC(=O)N1C[C@@]2(CO)C[C@@]2(C(F)(F)F)C1. The summed E-state index contributed by atoms with van der Waals surface area (Å²) >= 11 is 0. The predicted octanol–water partition coefficient (Wildman–Crippen LogP) is 2.17. The number of carbonyl (C=O) groups is 1. The van der Waals surface area contributed by atoms with Crippen molar-refractivity contribution in [3.8, 4) is 0 Å². The lowest BCUT2D eigenvalue weighted by Crippen LogP contribution is -2.39. The molecule has 0 radical (unpaired) electrons. The second kappa shape index (κ2) is 3.77. The number of carbonyl (C=O) groups excluding carboxylic acids is 1. The Morgan fingerprint density at radius 3 is 2.26 bits per heavy atom. The Morgan fingerprint density at radius 1 is 1.32 bits per heavy atom. The third-order valence-electron chi connectivity index (χ3n) is 3.98. The van der Waals surface area contributed by atoms with Crippen LogP contribution in [0.3, 0.4) is 0 Å². The average Bonchev–Trinajstić information content (AvgIpc) is 2.74. The lowest BCUT2D eigenvalue weighted by atomic mass is 9.97. The summed E-state index contributed by atoms with van der Waals surface area (Å²) in [5.41, 5.74) is -3.94. The molecule has 1 aliphatic carbocycles. The Hall–Kier alpha value is -0.980. The summed E-state index contributed by atoms with van der Waals surface area (Å²) in [5.74, 6) is 0. The molecule has 1 N–H and O–H groups in total. The Kier molecular flexibility index (Phi) is 2.87. The maximum absolute atomic E-state index is 13.1. The van der Waals surface area contributed by atoms with Crippen LogP contribution < -0.4 is 0 Å². The highest BCUT2D eigenvalue weighted by Gasteiger charge is 2.83. The summed E-state index contributed by atoms with van der Waals surface area (Å²) in [6.45, 7) is 3.88. The minimum absolute atomic E-state index is 0.0993. The second-order valence-electron chi connectivity index (χ2n) is 6.53. The van der Waals surface area contributed by atoms with E-state index >= 15 is 0 Å². The van der Waals surface area contributed by atoms with Gasteiger partial charge in [0.2, 0.25) is 0 Å². The minimum atomic E-state index is -4.41. The summed E-state index contributed by atoms with van der Waals surface area (Å²) in [6.07, 6.45) is -5.28. The van der Waals surface area contributed by atoms with Crippen molar-refractivity contribution in [3.05, 3.63) is 0 Å². The van der Waals surface area contributed by atoms with E-state index in [1.807, 2.05) is 0 Å². The number of aliphatic hydroxyl groups excluding tert-OH is 1. The Morgan fingerprint density at radius 2 is 1.89 bits per heavy atom. The fourth-order valence-corrected chi connectivity index (χ4v) is 2.91. The van der Waals surface area contributed by atoms with Gasteiger partial charge in [0.1, 0.15) is 5.60 Å². The van der Waals surface area contributed by atoms with Crippen LogP contribution in [-0.4, -0.2) is 47.6 Å². The van der Waals surface area contributed by atoms with Crippen molar-refractivity contribution in [2.24, 2.45) is 10.8 Å². The van der Waals surface area contributed by atoms with E-state index < -0.39 is 41.9 Å². The average molecular weight is 281 g/mol. The molecule has 19 heavy (non-hydrogen) atoms. The maximum atomic E-state index is 13.1. The van der Waals surface area contributed by atoms with Crippen molar-refractivity contribution >= 4 is 6.09 Å². The van der Waals surface area contributed by atoms with Crippen LogP contribution in [0.4, 0.5) is 18.0 Å². The third kappa shape index (κ3) is 2.07. The van der Waals surface area contributed by atoms with Gasteiger partial charge < -0.3 is 14.7 Å². The molecule has 0 aromatic carbocycles. The molecule has 1 heterocycles. The number of ether oxygens (including phenoxy) is 1. The van der Waals surface area contributed by atoms with Crippen LogP contribution in [0.2, 0.25) is 0 Å². The standard InChI is InChI=1S/C12H18F3NO3/c1-9(2,3)19-8(18)16-5-10(7-17)4-11(10,6-16)12(13,14)15/h17H,4-7H2,1-3H3/t10-,11-/m1/s1. The molecule has 1 saturated carbocycles. The number of rotatable bonds is 1. The number of nitrogens with zero attached hydrogens (tertiary/aromatic N) is 1. The molecule has 2 rings (SSSR count). The molecule has 1 amide bonds. The van der Waals surface area contributed by atoms with Crippen LogP contribution in [0.5, 0.6) is 0 Å². The molecule has 1 saturated heterocycles. The van der Waals surface area contributed by atoms with Crippen LogP contribution in [0.25, 0.3) is 0 Å². The normalized spacial score (nSPS) is 34.2. The van der Waals surface area contributed by atoms with Gasteiger partial charge in [0.25, 0.3) is 0 Å². The largest absolute Gasteiger partial charge is 0.444 e. The number of amides is 1. The molecule has 110 valence electrons. The smallest absolute Gasteiger partial charge is 0.410 e. The van der Waals surface area contributed by atoms with Crippen molar-refractivity contribution in [3.63, 3.8) is 0 Å². The van der Waals surface area contributed by atoms with Crippen LogP contribution in [0, 0.1) is 10.8 Å². The summed E-state index contributed by atoms with van der Waals surface area (Å²) < 4.78 is 44.4. The topological polar surface area (TPSA) is 49.8 Å². The van der Waals surface area contributed by atoms with Crippen molar-refractivity contribution < 1.29 is 27.8 Å². The first kappa shape index (κ1) is 14.4. The zero-order chi connectivity index (χ0) is 14.7. The summed E-state index contributed by atoms with van der Waals surface area (Å²) in [6, 6.07) is 0. The van der Waals surface area contributed by atoms with Gasteiger partial charge in [-0.2, -0.15) is 13.2 Å². The first-order valence-electron chi connectivity index (χ1n) is 6.12. The first-order valence-corrected chi connectivity index (χ1v) is 6.12. The van der Waals surface area contributed by atoms with Crippen molar-refractivity contribution in [1.82, 2.24) is 4.90 Å². The fraction of sp³-hybridized carbons (Fsp3) is 0.917. The van der Waals surface area contributed by atoms with Crippen LogP contribution in [0.15, 0.2) is 0 Å². The van der Waals surface area contributed by atoms with Crippen LogP contribution in [0.1, 0.15) is 27.2 Å². The quantitative estimate of drug-likeness (QED) is 0.801. The zero-order valence-electron chi connectivity index (χ0n) is 11.2. The molecule has 2 atom stereocenters. The van der Waals surface area contributed by atoms with E-state index in [0.29, 0.717) is 0 Å². The van der Waals surface area contributed by atoms with Crippen molar-refractivity contribution in [2.75, 3.05) is 19.7 Å². The van der Waals surface area contributed by atoms with Gasteiger partial charge in [0.05, 0.1) is 12.0 Å². The number of hydrogen-bond donors (Lipinski definition) is 1. The molecule has 2 fully saturated rings. The van der Waals surface area contributed by atoms with Crippen molar-refractivity contribution in [2.45, 2.75) is 39.0 Å². The van der Waals surface area contributed by atoms with E-state index in [1.54, 1.807) is 20.8 Å². The summed E-state index contributed by atoms with van der Waals surface area (Å²) in [7, 11) is 0. The number of aliphatic hydroxyl groups is 1. The number of piperidine rings is 1. The van der Waals surface area contributed by atoms with E-state index in [0.717, 1.165) is 4.90 Å². The highest BCUT2D eigenvalue weighted by molar-refractivity contribution is 5.69. The van der Waals surface area contributed by atoms with E-state index in [4.69, 9.17) is 4.74 Å². The molecule has 1 aliphatic heterocycles. The monoisotopic (exact) mass is 281 g/mol. The van der Waals surface area contributed by atoms with Gasteiger partial charge in [0, 0.05) is 18.5 Å². The Labute approximate surface area is 109 Å². The summed E-state index contributed by atoms with van der Waals surface area (Å²) in [4.78, 5) is 12.9. The maximum Gasteiger partial charge on any atom is 0.410 e. The van der Waals surface area contributed by atoms with Gasteiger partial charge in [-0.1, -0.05) is 0 Å². The minimum Gasteiger partial charge on any atom is -0.444 e. The number of alkyl halides is 3. The number of likely N-dealkylation sites (tertiary alicyclic amines) is 1. The lowest BCUT2D eigenvalue weighted by Gasteiger charge is -2.26. The highest BCUT2D eigenvalue weighted by Crippen LogP contribution is 2.74. The van der Waals surface area contributed by atoms with Gasteiger partial charge in [-0.15, -0.1) is 0 Å². The van der Waals surface area contributed by atoms with Gasteiger partial charge in [-0.05, 0) is 27.2 Å². The molecule has 0 bridgehead atoms. The van der Waals surface area contributed by atoms with Gasteiger partial charge in [-0.3, -0.25) is 0 Å². The highest BCUT2D eigenvalue weighted by atomic mass is 19.4. The van der Waals surface area contributed by atoms with Gasteiger partial charge in [0.15, 0.2) is 0 Å². The molecule has 0 aromatic rings. The molecule has 4 nitrogen and oxygen atoms in total. The third-order valence-corrected chi connectivity index (χ3v) is 3.98. The Bertz CT molecular complexity index is 404. The van der Waals surface area contributed by atoms with E-state index in [1.165, 1.54) is 0 Å². The fourth-order valence-electron chi connectivity index (χ4n) is 2.91.